The Kier molecular flexibility index (Phi) is 4.78. The maximum Gasteiger partial charge on any atom is 0.280 e. The van der Waals surface area contributed by atoms with Gasteiger partial charge in [0.15, 0.2) is 11.5 Å². The highest BCUT2D eigenvalue weighted by atomic mass is 16.7. The van der Waals surface area contributed by atoms with E-state index in [0.717, 1.165) is 29.7 Å². The number of ether oxygens (including phenoxy) is 2. The topological polar surface area (TPSA) is 111 Å². The zero-order valence-electron chi connectivity index (χ0n) is 16.6. The highest BCUT2D eigenvalue weighted by molar-refractivity contribution is 5.92. The Balaban J connectivity index is 1.33. The number of amides is 1. The third-order valence-electron chi connectivity index (χ3n) is 5.65. The first kappa shape index (κ1) is 19.1. The van der Waals surface area contributed by atoms with Crippen molar-refractivity contribution in [2.45, 2.75) is 18.8 Å². The number of piperidine rings is 1. The first-order valence-corrected chi connectivity index (χ1v) is 10.1. The molecule has 1 saturated heterocycles. The number of hydrogen-bond donors (Lipinski definition) is 1. The minimum atomic E-state index is -0.495. The largest absolute Gasteiger partial charge is 0.454 e. The van der Waals surface area contributed by atoms with E-state index in [-0.39, 0.29) is 24.3 Å². The Morgan fingerprint density at radius 2 is 2.06 bits per heavy atom. The van der Waals surface area contributed by atoms with E-state index < -0.39 is 4.92 Å². The molecular weight excluding hydrogens is 400 g/mol. The second-order valence-corrected chi connectivity index (χ2v) is 7.62. The zero-order valence-corrected chi connectivity index (χ0v) is 16.6. The quantitative estimate of drug-likeness (QED) is 0.392. The Bertz CT molecular complexity index is 1170. The van der Waals surface area contributed by atoms with E-state index in [1.54, 1.807) is 4.90 Å². The van der Waals surface area contributed by atoms with Gasteiger partial charge >= 0.3 is 0 Å². The normalized spacial score (nSPS) is 18.1. The smallest absolute Gasteiger partial charge is 0.280 e. The van der Waals surface area contributed by atoms with E-state index in [1.165, 1.54) is 24.3 Å². The molecule has 0 bridgehead atoms. The van der Waals surface area contributed by atoms with Gasteiger partial charge in [0.1, 0.15) is 5.82 Å². The Morgan fingerprint density at radius 3 is 2.87 bits per heavy atom. The van der Waals surface area contributed by atoms with E-state index in [2.05, 4.69) is 9.97 Å². The minimum absolute atomic E-state index is 0.0234. The predicted molar refractivity (Wildman–Crippen MR) is 113 cm³/mol. The van der Waals surface area contributed by atoms with Crippen LogP contribution >= 0.6 is 0 Å². The summed E-state index contributed by atoms with van der Waals surface area (Å²) in [5, 5.41) is 11.4. The van der Waals surface area contributed by atoms with Crippen LogP contribution in [-0.4, -0.2) is 45.6 Å². The summed E-state index contributed by atoms with van der Waals surface area (Å²) in [6, 6.07) is 10.7. The number of aromatic nitrogens is 2. The van der Waals surface area contributed by atoms with Gasteiger partial charge < -0.3 is 19.4 Å². The lowest BCUT2D eigenvalue weighted by molar-refractivity contribution is -0.385. The second-order valence-electron chi connectivity index (χ2n) is 7.62. The number of rotatable bonds is 4. The summed E-state index contributed by atoms with van der Waals surface area (Å²) in [7, 11) is 0. The molecule has 0 aliphatic carbocycles. The first-order chi connectivity index (χ1) is 15.1. The van der Waals surface area contributed by atoms with Crippen LogP contribution in [0.3, 0.4) is 0 Å². The molecule has 1 unspecified atom stereocenters. The van der Waals surface area contributed by atoms with Crippen LogP contribution in [0.2, 0.25) is 0 Å². The van der Waals surface area contributed by atoms with E-state index in [4.69, 9.17) is 9.47 Å². The third-order valence-corrected chi connectivity index (χ3v) is 5.65. The fraction of sp³-hybridized carbons (Fsp3) is 0.273. The number of nitrogens with zero attached hydrogens (tertiary/aromatic N) is 3. The first-order valence-electron chi connectivity index (χ1n) is 10.1. The van der Waals surface area contributed by atoms with Crippen molar-refractivity contribution in [1.82, 2.24) is 14.9 Å². The van der Waals surface area contributed by atoms with Crippen LogP contribution in [0.5, 0.6) is 11.5 Å². The van der Waals surface area contributed by atoms with Gasteiger partial charge in [0.2, 0.25) is 12.7 Å². The van der Waals surface area contributed by atoms with Crippen LogP contribution in [0, 0.1) is 10.1 Å². The molecule has 2 aromatic carbocycles. The number of benzene rings is 2. The predicted octanol–water partition coefficient (Wildman–Crippen LogP) is 3.62. The van der Waals surface area contributed by atoms with Crippen molar-refractivity contribution in [2.24, 2.45) is 0 Å². The van der Waals surface area contributed by atoms with Gasteiger partial charge in [-0.05, 0) is 37.1 Å². The van der Waals surface area contributed by atoms with Crippen LogP contribution in [0.15, 0.2) is 42.5 Å². The molecule has 158 valence electrons. The van der Waals surface area contributed by atoms with Gasteiger partial charge in [-0.2, -0.15) is 0 Å². The lowest BCUT2D eigenvalue weighted by Crippen LogP contribution is -2.38. The molecule has 2 aliphatic rings. The van der Waals surface area contributed by atoms with Crippen LogP contribution in [0.25, 0.3) is 17.1 Å². The summed E-state index contributed by atoms with van der Waals surface area (Å²) in [6.07, 6.45) is 4.66. The number of hydrogen-bond acceptors (Lipinski definition) is 6. The average molecular weight is 420 g/mol. The molecule has 31 heavy (non-hydrogen) atoms. The van der Waals surface area contributed by atoms with E-state index >= 15 is 0 Å². The molecule has 1 fully saturated rings. The molecule has 2 aliphatic heterocycles. The van der Waals surface area contributed by atoms with Crippen LogP contribution < -0.4 is 9.47 Å². The average Bonchev–Trinajstić information content (AvgIpc) is 3.43. The number of nitro benzene ring substituents is 1. The molecule has 9 heteroatoms. The Hall–Kier alpha value is -3.88. The number of aromatic amines is 1. The minimum Gasteiger partial charge on any atom is -0.454 e. The number of H-pyrrole nitrogens is 1. The summed E-state index contributed by atoms with van der Waals surface area (Å²) in [6.45, 7) is 1.21. The van der Waals surface area contributed by atoms with E-state index in [1.807, 2.05) is 24.3 Å². The number of nitro groups is 1. The summed E-state index contributed by atoms with van der Waals surface area (Å²) < 4.78 is 10.5. The number of nitrogens with one attached hydrogen (secondary N) is 1. The van der Waals surface area contributed by atoms with Crippen LogP contribution in [-0.2, 0) is 4.79 Å². The Labute approximate surface area is 177 Å². The fourth-order valence-corrected chi connectivity index (χ4v) is 4.07. The molecule has 1 aromatic heterocycles. The van der Waals surface area contributed by atoms with Gasteiger partial charge in [0.05, 0.1) is 27.6 Å². The van der Waals surface area contributed by atoms with Gasteiger partial charge in [-0.25, -0.2) is 4.98 Å². The van der Waals surface area contributed by atoms with Gasteiger partial charge in [-0.15, -0.1) is 0 Å². The molecule has 0 saturated carbocycles. The number of imidazole rings is 1. The van der Waals surface area contributed by atoms with Crippen molar-refractivity contribution in [2.75, 3.05) is 19.9 Å². The van der Waals surface area contributed by atoms with Gasteiger partial charge in [0, 0.05) is 25.1 Å². The van der Waals surface area contributed by atoms with E-state index in [0.29, 0.717) is 30.2 Å². The molecule has 9 nitrogen and oxygen atoms in total. The lowest BCUT2D eigenvalue weighted by Gasteiger charge is -2.31. The standard InChI is InChI=1S/C22H20N4O5/c27-21(8-7-14-10-19-20(31-13-30-19)11-18(14)26(28)29)25-9-3-4-15(12-25)22-23-16-5-1-2-6-17(16)24-22/h1-2,5-8,10-11,15H,3-4,9,12-13H2,(H,23,24)/b8-7+. The van der Waals surface area contributed by atoms with Crippen LogP contribution in [0.1, 0.15) is 30.1 Å². The number of carbonyl (C=O) groups is 1. The summed E-state index contributed by atoms with van der Waals surface area (Å²) >= 11 is 0. The molecule has 3 aromatic rings. The number of likely N-dealkylation sites (tertiary alicyclic amines) is 1. The molecule has 1 atom stereocenters. The summed E-state index contributed by atoms with van der Waals surface area (Å²) in [5.74, 6) is 1.58. The zero-order chi connectivity index (χ0) is 21.4. The van der Waals surface area contributed by atoms with Crippen molar-refractivity contribution in [1.29, 1.82) is 0 Å². The highest BCUT2D eigenvalue weighted by Crippen LogP contribution is 2.38. The van der Waals surface area contributed by atoms with Crippen molar-refractivity contribution in [3.8, 4) is 11.5 Å². The number of para-hydroxylation sites is 2. The summed E-state index contributed by atoms with van der Waals surface area (Å²) in [5.41, 5.74) is 2.06. The highest BCUT2D eigenvalue weighted by Gasteiger charge is 2.26. The molecular formula is C22H20N4O5. The number of carbonyl (C=O) groups excluding carboxylic acids is 1. The van der Waals surface area contributed by atoms with Gasteiger partial charge in [0.25, 0.3) is 5.69 Å². The third kappa shape index (κ3) is 3.70. The maximum absolute atomic E-state index is 12.8. The van der Waals surface area contributed by atoms with Gasteiger partial charge in [-0.1, -0.05) is 12.1 Å². The molecule has 0 spiro atoms. The lowest BCUT2D eigenvalue weighted by atomic mass is 9.97. The fourth-order valence-electron chi connectivity index (χ4n) is 4.07. The Morgan fingerprint density at radius 1 is 1.26 bits per heavy atom. The van der Waals surface area contributed by atoms with E-state index in [9.17, 15) is 14.9 Å². The second kappa shape index (κ2) is 7.75. The molecule has 5 rings (SSSR count). The number of fused-ring (bicyclic) bond motifs is 2. The molecule has 1 N–H and O–H groups in total. The van der Waals surface area contributed by atoms with Gasteiger partial charge in [-0.3, -0.25) is 14.9 Å². The van der Waals surface area contributed by atoms with Crippen molar-refractivity contribution >= 4 is 28.7 Å². The van der Waals surface area contributed by atoms with Crippen molar-refractivity contribution < 1.29 is 19.2 Å². The molecule has 1 amide bonds. The maximum atomic E-state index is 12.8. The molecule has 3 heterocycles. The van der Waals surface area contributed by atoms with Crippen LogP contribution in [0.4, 0.5) is 5.69 Å². The summed E-state index contributed by atoms with van der Waals surface area (Å²) in [4.78, 5) is 33.5. The monoisotopic (exact) mass is 420 g/mol. The molecule has 0 radical (unpaired) electrons. The SMILES string of the molecule is O=C(/C=C/c1cc2c(cc1[N+](=O)[O-])OCO2)N1CCCC(c2nc3ccccc3[nH]2)C1. The van der Waals surface area contributed by atoms with Crippen molar-refractivity contribution in [3.05, 3.63) is 64.0 Å². The van der Waals surface area contributed by atoms with Crippen molar-refractivity contribution in [3.63, 3.8) is 0 Å².